The van der Waals surface area contributed by atoms with Gasteiger partial charge in [0.1, 0.15) is 0 Å². The van der Waals surface area contributed by atoms with Gasteiger partial charge in [-0.15, -0.1) is 0 Å². The Balaban J connectivity index is 1.53. The Morgan fingerprint density at radius 3 is 2.36 bits per heavy atom. The zero-order valence-corrected chi connectivity index (χ0v) is 20.3. The Morgan fingerprint density at radius 1 is 1.04 bits per heavy atom. The van der Waals surface area contributed by atoms with E-state index in [-0.39, 0.29) is 31.2 Å². The maximum atomic E-state index is 13.2. The van der Waals surface area contributed by atoms with Gasteiger partial charge in [0.2, 0.25) is 5.91 Å². The minimum Gasteiger partial charge on any atom is -0.273 e. The summed E-state index contributed by atoms with van der Waals surface area (Å²) in [5, 5.41) is 1.85. The molecule has 0 aromatic heterocycles. The van der Waals surface area contributed by atoms with Crippen LogP contribution in [0.5, 0.6) is 0 Å². The van der Waals surface area contributed by atoms with Crippen molar-refractivity contribution in [3.05, 3.63) is 48.0 Å². The van der Waals surface area contributed by atoms with Crippen molar-refractivity contribution in [2.45, 2.75) is 35.3 Å². The molecule has 3 aliphatic rings. The summed E-state index contributed by atoms with van der Waals surface area (Å²) < 4.78 is 0.112. The summed E-state index contributed by atoms with van der Waals surface area (Å²) >= 11 is 11.2. The minimum atomic E-state index is -0.557. The molecule has 3 unspecified atom stereocenters. The van der Waals surface area contributed by atoms with Crippen LogP contribution in [0, 0.1) is 16.2 Å². The highest BCUT2D eigenvalue weighted by molar-refractivity contribution is 9.24. The molecule has 4 nitrogen and oxygen atoms in total. The van der Waals surface area contributed by atoms with Crippen LogP contribution in [-0.2, 0) is 4.79 Å². The average Bonchev–Trinajstić information content (AvgIpc) is 3.15. The molecule has 2 N–H and O–H groups in total. The minimum absolute atomic E-state index is 0.0284. The molecular weight excluding hydrogens is 552 g/mol. The lowest BCUT2D eigenvalue weighted by Crippen LogP contribution is -2.72. The zero-order chi connectivity index (χ0) is 20.3. The van der Waals surface area contributed by atoms with Crippen molar-refractivity contribution in [1.29, 1.82) is 0 Å². The Hall–Kier alpha value is -0.920. The number of hydrazine groups is 1. The Kier molecular flexibility index (Phi) is 4.95. The summed E-state index contributed by atoms with van der Waals surface area (Å²) in [5.74, 6) is -0.449. The van der Waals surface area contributed by atoms with E-state index in [0.29, 0.717) is 5.56 Å². The number of hydrogen-bond donors (Lipinski definition) is 2. The quantitative estimate of drug-likeness (QED) is 0.388. The first-order valence-corrected chi connectivity index (χ1v) is 12.0. The van der Waals surface area contributed by atoms with E-state index in [0.717, 1.165) is 23.6 Å². The number of benzene rings is 2. The smallest absolute Gasteiger partial charge is 0.270 e. The monoisotopic (exact) mass is 570 g/mol. The first-order chi connectivity index (χ1) is 13.2. The van der Waals surface area contributed by atoms with Gasteiger partial charge in [0.25, 0.3) is 5.91 Å². The zero-order valence-electron chi connectivity index (χ0n) is 15.6. The molecule has 2 aromatic rings. The predicted molar refractivity (Wildman–Crippen MR) is 122 cm³/mol. The second-order valence-corrected chi connectivity index (χ2v) is 12.2. The van der Waals surface area contributed by atoms with Crippen molar-refractivity contribution in [3.63, 3.8) is 0 Å². The van der Waals surface area contributed by atoms with E-state index < -0.39 is 5.41 Å². The van der Waals surface area contributed by atoms with Crippen molar-refractivity contribution in [1.82, 2.24) is 10.9 Å². The second-order valence-electron chi connectivity index (χ2n) is 8.23. The van der Waals surface area contributed by atoms with Gasteiger partial charge in [-0.1, -0.05) is 98.0 Å². The van der Waals surface area contributed by atoms with E-state index in [1.807, 2.05) is 36.4 Å². The lowest BCUT2D eigenvalue weighted by Gasteiger charge is -2.66. The summed E-state index contributed by atoms with van der Waals surface area (Å²) in [5.41, 5.74) is 5.06. The molecule has 3 saturated carbocycles. The van der Waals surface area contributed by atoms with Gasteiger partial charge in [0, 0.05) is 15.8 Å². The van der Waals surface area contributed by atoms with Crippen LogP contribution in [0.15, 0.2) is 42.5 Å². The number of amides is 2. The predicted octanol–water partition coefficient (Wildman–Crippen LogP) is 5.29. The highest BCUT2D eigenvalue weighted by Gasteiger charge is 2.83. The van der Waals surface area contributed by atoms with Crippen LogP contribution in [0.2, 0.25) is 0 Å². The molecule has 0 heterocycles. The molecule has 0 aliphatic heterocycles. The molecule has 3 aliphatic carbocycles. The van der Waals surface area contributed by atoms with Crippen LogP contribution in [0.25, 0.3) is 10.8 Å². The maximum Gasteiger partial charge on any atom is 0.270 e. The molecule has 28 heavy (non-hydrogen) atoms. The molecule has 5 rings (SSSR count). The van der Waals surface area contributed by atoms with E-state index in [1.54, 1.807) is 6.07 Å². The molecule has 148 valence electrons. The first kappa shape index (κ1) is 20.4. The molecular formula is C21H21Br3N2O2. The SMILES string of the molecule is CC1(C)C2(C(=O)NNC(=O)c3cccc4ccccc34)CCC1(C(Br)Br)C2Br. The van der Waals surface area contributed by atoms with Gasteiger partial charge in [0.05, 0.1) is 9.15 Å². The molecule has 2 aromatic carbocycles. The van der Waals surface area contributed by atoms with Gasteiger partial charge < -0.3 is 0 Å². The topological polar surface area (TPSA) is 58.2 Å². The van der Waals surface area contributed by atoms with Crippen LogP contribution in [0.4, 0.5) is 0 Å². The molecule has 0 radical (unpaired) electrons. The Morgan fingerprint density at radius 2 is 1.71 bits per heavy atom. The number of rotatable bonds is 3. The highest BCUT2D eigenvalue weighted by Crippen LogP contribution is 2.82. The molecule has 0 saturated heterocycles. The summed E-state index contributed by atoms with van der Waals surface area (Å²) in [6.07, 6.45) is 1.71. The van der Waals surface area contributed by atoms with Crippen LogP contribution in [0.1, 0.15) is 37.0 Å². The number of alkyl halides is 3. The van der Waals surface area contributed by atoms with Crippen molar-refractivity contribution >= 4 is 70.4 Å². The van der Waals surface area contributed by atoms with Crippen LogP contribution < -0.4 is 10.9 Å². The normalized spacial score (nSPS) is 30.1. The van der Waals surface area contributed by atoms with E-state index in [9.17, 15) is 9.59 Å². The fourth-order valence-electron chi connectivity index (χ4n) is 5.41. The molecule has 2 bridgehead atoms. The van der Waals surface area contributed by atoms with E-state index in [4.69, 9.17) is 0 Å². The van der Waals surface area contributed by atoms with Crippen molar-refractivity contribution in [2.75, 3.05) is 0 Å². The third kappa shape index (κ3) is 2.39. The third-order valence-corrected chi connectivity index (χ3v) is 10.4. The standard InChI is InChI=1S/C21H21Br3N2O2/c1-19(2)20(17(23)24)10-11-21(19,16(20)22)18(28)26-25-15(27)14-9-5-7-12-6-3-4-8-13(12)14/h3-9,16-17H,10-11H2,1-2H3,(H,25,27)(H,26,28). The number of halogens is 3. The Labute approximate surface area is 189 Å². The Bertz CT molecular complexity index is 972. The van der Waals surface area contributed by atoms with Crippen LogP contribution >= 0.6 is 47.8 Å². The van der Waals surface area contributed by atoms with Gasteiger partial charge in [-0.3, -0.25) is 20.4 Å². The van der Waals surface area contributed by atoms with Gasteiger partial charge >= 0.3 is 0 Å². The number of carbonyl (C=O) groups is 2. The average molecular weight is 573 g/mol. The molecule has 7 heteroatoms. The van der Waals surface area contributed by atoms with Crippen molar-refractivity contribution in [3.8, 4) is 0 Å². The van der Waals surface area contributed by atoms with Gasteiger partial charge in [-0.05, 0) is 35.1 Å². The van der Waals surface area contributed by atoms with Crippen molar-refractivity contribution in [2.24, 2.45) is 16.2 Å². The van der Waals surface area contributed by atoms with Gasteiger partial charge in [-0.25, -0.2) is 0 Å². The number of carbonyl (C=O) groups excluding carboxylic acids is 2. The first-order valence-electron chi connectivity index (χ1n) is 9.21. The fraction of sp³-hybridized carbons (Fsp3) is 0.429. The number of fused-ring (bicyclic) bond motifs is 2. The summed E-state index contributed by atoms with van der Waals surface area (Å²) in [4.78, 5) is 26.0. The van der Waals surface area contributed by atoms with Crippen molar-refractivity contribution < 1.29 is 9.59 Å². The van der Waals surface area contributed by atoms with E-state index in [1.165, 1.54) is 0 Å². The van der Waals surface area contributed by atoms with E-state index >= 15 is 0 Å². The number of hydrogen-bond acceptors (Lipinski definition) is 2. The van der Waals surface area contributed by atoms with Crippen LogP contribution in [0.3, 0.4) is 0 Å². The molecule has 3 atom stereocenters. The molecule has 3 fully saturated rings. The maximum absolute atomic E-state index is 13.2. The molecule has 0 spiro atoms. The molecule has 2 amide bonds. The van der Waals surface area contributed by atoms with Gasteiger partial charge in [0.15, 0.2) is 0 Å². The largest absolute Gasteiger partial charge is 0.273 e. The summed E-state index contributed by atoms with van der Waals surface area (Å²) in [6.45, 7) is 4.28. The lowest BCUT2D eigenvalue weighted by molar-refractivity contribution is -0.162. The number of nitrogens with one attached hydrogen (secondary N) is 2. The fourth-order valence-corrected chi connectivity index (χ4v) is 10.3. The van der Waals surface area contributed by atoms with Gasteiger partial charge in [-0.2, -0.15) is 0 Å². The third-order valence-electron chi connectivity index (χ3n) is 7.22. The van der Waals surface area contributed by atoms with E-state index in [2.05, 4.69) is 72.5 Å². The van der Waals surface area contributed by atoms with Crippen LogP contribution in [-0.4, -0.2) is 20.4 Å². The summed E-state index contributed by atoms with van der Waals surface area (Å²) in [7, 11) is 0. The highest BCUT2D eigenvalue weighted by atomic mass is 79.9. The summed E-state index contributed by atoms with van der Waals surface area (Å²) in [6, 6.07) is 13.3. The second kappa shape index (κ2) is 6.81. The lowest BCUT2D eigenvalue weighted by atomic mass is 9.43.